The maximum Gasteiger partial charge on any atom is 0.472 e. The second-order valence-corrected chi connectivity index (χ2v) is 9.53. The van der Waals surface area contributed by atoms with E-state index in [0.717, 1.165) is 45.1 Å². The van der Waals surface area contributed by atoms with Crippen molar-refractivity contribution in [2.75, 3.05) is 25.1 Å². The third-order valence-electron chi connectivity index (χ3n) is 5.71. The zero-order valence-electron chi connectivity index (χ0n) is 18.6. The van der Waals surface area contributed by atoms with E-state index in [9.17, 15) is 9.46 Å². The Labute approximate surface area is 187 Å². The van der Waals surface area contributed by atoms with Crippen LogP contribution in [0.4, 0.5) is 5.82 Å². The molecule has 0 radical (unpaired) electrons. The van der Waals surface area contributed by atoms with Crippen molar-refractivity contribution in [3.8, 4) is 0 Å². The van der Waals surface area contributed by atoms with Crippen LogP contribution < -0.4 is 5.32 Å². The molecule has 2 aliphatic rings. The molecule has 178 valence electrons. The summed E-state index contributed by atoms with van der Waals surface area (Å²) in [5.74, 6) is 0.667. The first kappa shape index (κ1) is 23.5. The molecule has 2 saturated heterocycles. The number of phosphoric acid groups is 1. The van der Waals surface area contributed by atoms with Crippen LogP contribution in [0.15, 0.2) is 12.7 Å². The van der Waals surface area contributed by atoms with Gasteiger partial charge >= 0.3 is 7.82 Å². The largest absolute Gasteiger partial charge is 0.472 e. The number of phosphoric ester groups is 1. The lowest BCUT2D eigenvalue weighted by Gasteiger charge is -2.29. The third kappa shape index (κ3) is 5.13. The normalized spacial score (nSPS) is 30.0. The molecule has 2 aliphatic heterocycles. The fraction of sp³-hybridized carbons (Fsp3) is 0.750. The van der Waals surface area contributed by atoms with E-state index in [1.165, 1.54) is 6.33 Å². The molecule has 2 fully saturated rings. The van der Waals surface area contributed by atoms with Crippen molar-refractivity contribution in [1.29, 1.82) is 0 Å². The quantitative estimate of drug-likeness (QED) is 0.373. The summed E-state index contributed by atoms with van der Waals surface area (Å²) in [6, 6.07) is 0. The van der Waals surface area contributed by atoms with Crippen molar-refractivity contribution in [3.63, 3.8) is 0 Å². The molecule has 1 unspecified atom stereocenters. The maximum atomic E-state index is 12.0. The summed E-state index contributed by atoms with van der Waals surface area (Å²) >= 11 is 0. The Morgan fingerprint density at radius 3 is 2.84 bits per heavy atom. The van der Waals surface area contributed by atoms with Gasteiger partial charge in [-0.15, -0.1) is 0 Å². The number of nitrogens with one attached hydrogen (secondary N) is 1. The van der Waals surface area contributed by atoms with Gasteiger partial charge in [0.15, 0.2) is 23.2 Å². The van der Waals surface area contributed by atoms with E-state index < -0.39 is 32.4 Å². The van der Waals surface area contributed by atoms with Crippen molar-refractivity contribution in [2.24, 2.45) is 0 Å². The first-order valence-electron chi connectivity index (χ1n) is 11.4. The minimum absolute atomic E-state index is 0.0460. The highest BCUT2D eigenvalue weighted by Gasteiger charge is 2.54. The van der Waals surface area contributed by atoms with E-state index in [1.807, 2.05) is 0 Å². The summed E-state index contributed by atoms with van der Waals surface area (Å²) < 4.78 is 36.4. The summed E-state index contributed by atoms with van der Waals surface area (Å²) in [7, 11) is -4.14. The van der Waals surface area contributed by atoms with Crippen LogP contribution in [-0.2, 0) is 23.1 Å². The number of nitrogens with zero attached hydrogens (tertiary/aromatic N) is 4. The number of hydrogen-bond donors (Lipinski definition) is 2. The van der Waals surface area contributed by atoms with Gasteiger partial charge < -0.3 is 19.7 Å². The summed E-state index contributed by atoms with van der Waals surface area (Å²) in [5, 5.41) is 3.33. The smallest absolute Gasteiger partial charge is 0.371 e. The van der Waals surface area contributed by atoms with Crippen LogP contribution in [0.25, 0.3) is 11.2 Å². The summed E-state index contributed by atoms with van der Waals surface area (Å²) in [5.41, 5.74) is 1.23. The molecule has 0 aliphatic carbocycles. The van der Waals surface area contributed by atoms with Gasteiger partial charge in [0.25, 0.3) is 0 Å². The molecule has 0 amide bonds. The lowest BCUT2D eigenvalue weighted by Crippen LogP contribution is -2.40. The highest BCUT2D eigenvalue weighted by atomic mass is 31.2. The van der Waals surface area contributed by atoms with Crippen LogP contribution in [0, 0.1) is 0 Å². The van der Waals surface area contributed by atoms with Gasteiger partial charge in [-0.3, -0.25) is 13.6 Å². The number of fused-ring (bicyclic) bond motifs is 2. The molecule has 2 aromatic rings. The number of aromatic nitrogens is 4. The number of hydrogen-bond acceptors (Lipinski definition) is 9. The van der Waals surface area contributed by atoms with Gasteiger partial charge in [0.2, 0.25) is 0 Å². The fourth-order valence-electron chi connectivity index (χ4n) is 4.04. The highest BCUT2D eigenvalue weighted by molar-refractivity contribution is 7.47. The van der Waals surface area contributed by atoms with E-state index in [2.05, 4.69) is 34.1 Å². The molecule has 2 N–H and O–H groups in total. The van der Waals surface area contributed by atoms with Gasteiger partial charge in [-0.1, -0.05) is 39.5 Å². The first-order chi connectivity index (χ1) is 15.5. The van der Waals surface area contributed by atoms with Crippen LogP contribution in [0.2, 0.25) is 0 Å². The number of anilines is 1. The molecule has 32 heavy (non-hydrogen) atoms. The van der Waals surface area contributed by atoms with Crippen LogP contribution >= 0.6 is 7.82 Å². The topological polar surface area (TPSA) is 130 Å². The predicted octanol–water partition coefficient (Wildman–Crippen LogP) is 3.42. The molecular formula is C20H32N5O6P. The van der Waals surface area contributed by atoms with Gasteiger partial charge in [-0.05, 0) is 12.8 Å². The van der Waals surface area contributed by atoms with Crippen LogP contribution in [0.5, 0.6) is 0 Å². The molecule has 2 aromatic heterocycles. The fourth-order valence-corrected chi connectivity index (χ4v) is 5.00. The summed E-state index contributed by atoms with van der Waals surface area (Å²) in [4.78, 5) is 23.1. The third-order valence-corrected chi connectivity index (χ3v) is 6.69. The lowest BCUT2D eigenvalue weighted by molar-refractivity contribution is -0.0685. The minimum Gasteiger partial charge on any atom is -0.371 e. The molecule has 5 atom stereocenters. The van der Waals surface area contributed by atoms with Crippen molar-refractivity contribution in [3.05, 3.63) is 12.7 Å². The molecule has 0 bridgehead atoms. The Morgan fingerprint density at radius 1 is 1.22 bits per heavy atom. The summed E-state index contributed by atoms with van der Waals surface area (Å²) in [6.45, 7) is 5.53. The molecule has 11 nitrogen and oxygen atoms in total. The Morgan fingerprint density at radius 2 is 2.03 bits per heavy atom. The second kappa shape index (κ2) is 10.5. The van der Waals surface area contributed by atoms with Crippen molar-refractivity contribution < 1.29 is 28.0 Å². The van der Waals surface area contributed by atoms with Crippen LogP contribution in [0.3, 0.4) is 0 Å². The van der Waals surface area contributed by atoms with Crippen LogP contribution in [0.1, 0.15) is 58.6 Å². The first-order valence-corrected chi connectivity index (χ1v) is 12.9. The van der Waals surface area contributed by atoms with E-state index in [0.29, 0.717) is 23.6 Å². The van der Waals surface area contributed by atoms with Crippen molar-refractivity contribution in [2.45, 2.75) is 76.9 Å². The predicted molar refractivity (Wildman–Crippen MR) is 117 cm³/mol. The summed E-state index contributed by atoms with van der Waals surface area (Å²) in [6.07, 6.45) is 6.95. The van der Waals surface area contributed by atoms with Crippen molar-refractivity contribution >= 4 is 24.8 Å². The van der Waals surface area contributed by atoms with Gasteiger partial charge in [0.05, 0.1) is 12.9 Å². The molecule has 0 spiro atoms. The molecule has 0 aromatic carbocycles. The van der Waals surface area contributed by atoms with E-state index in [-0.39, 0.29) is 6.61 Å². The van der Waals surface area contributed by atoms with Gasteiger partial charge in [0, 0.05) is 13.2 Å². The van der Waals surface area contributed by atoms with Gasteiger partial charge in [-0.25, -0.2) is 19.5 Å². The second-order valence-electron chi connectivity index (χ2n) is 8.12. The Kier molecular flexibility index (Phi) is 7.75. The van der Waals surface area contributed by atoms with Gasteiger partial charge in [-0.2, -0.15) is 0 Å². The van der Waals surface area contributed by atoms with E-state index >= 15 is 0 Å². The maximum absolute atomic E-state index is 12.0. The highest BCUT2D eigenvalue weighted by Crippen LogP contribution is 2.53. The minimum atomic E-state index is -4.14. The average Bonchev–Trinajstić information content (AvgIpc) is 3.35. The van der Waals surface area contributed by atoms with E-state index in [4.69, 9.17) is 18.5 Å². The van der Waals surface area contributed by atoms with Crippen LogP contribution in [-0.4, -0.2) is 62.5 Å². The molecule has 12 heteroatoms. The molecular weight excluding hydrogens is 437 g/mol. The Hall–Kier alpha value is -1.62. The zero-order chi connectivity index (χ0) is 22.6. The number of unbranched alkanes of at least 4 members (excludes halogenated alkanes) is 4. The van der Waals surface area contributed by atoms with E-state index in [1.54, 1.807) is 10.9 Å². The molecule has 4 heterocycles. The monoisotopic (exact) mass is 469 g/mol. The SMILES string of the molecule is CCCCCNc1ncnc2c1ncn2[C@@H]1O[C@@H]2COP(=O)(O)O[C@H]2[C@H]1OCCCCC. The molecule has 0 saturated carbocycles. The Balaban J connectivity index is 1.58. The molecule has 4 rings (SSSR count). The number of ether oxygens (including phenoxy) is 2. The Bertz CT molecular complexity index is 942. The lowest BCUT2D eigenvalue weighted by atomic mass is 10.1. The van der Waals surface area contributed by atoms with Gasteiger partial charge in [0.1, 0.15) is 24.6 Å². The standard InChI is InChI=1S/C20H32N5O6P/c1-3-5-7-9-21-18-15-19(23-12-22-18)25(13-24-15)20-17(28-10-8-6-4-2)16-14(30-20)11-29-32(26,27)31-16/h12-14,16-17,20H,3-11H2,1-2H3,(H,26,27)(H,21,22,23)/t14-,16-,17-,20-/m1/s1. The zero-order valence-corrected chi connectivity index (χ0v) is 19.4. The average molecular weight is 469 g/mol. The van der Waals surface area contributed by atoms with Crippen molar-refractivity contribution in [1.82, 2.24) is 19.5 Å². The number of imidazole rings is 1. The number of rotatable bonds is 11.